The van der Waals surface area contributed by atoms with Gasteiger partial charge < -0.3 is 9.64 Å². The molecule has 0 aliphatic carbocycles. The van der Waals surface area contributed by atoms with Gasteiger partial charge >= 0.3 is 0 Å². The lowest BCUT2D eigenvalue weighted by molar-refractivity contribution is -0.143. The van der Waals surface area contributed by atoms with E-state index in [1.807, 2.05) is 59.5 Å². The number of benzene rings is 2. The van der Waals surface area contributed by atoms with E-state index in [0.717, 1.165) is 29.7 Å². The average Bonchev–Trinajstić information content (AvgIpc) is 2.66. The summed E-state index contributed by atoms with van der Waals surface area (Å²) >= 11 is 6.48. The summed E-state index contributed by atoms with van der Waals surface area (Å²) in [4.78, 5) is 19.9. The predicted molar refractivity (Wildman–Crippen MR) is 103 cm³/mol. The molecule has 2 aromatic rings. The van der Waals surface area contributed by atoms with Gasteiger partial charge in [0.1, 0.15) is 16.5 Å². The summed E-state index contributed by atoms with van der Waals surface area (Å²) in [5.41, 5.74) is 1.41. The van der Waals surface area contributed by atoms with Crippen LogP contribution in [-0.2, 0) is 17.8 Å². The highest BCUT2D eigenvalue weighted by atomic mass is 35.5. The van der Waals surface area contributed by atoms with Crippen LogP contribution in [0.15, 0.2) is 59.6 Å². The first-order valence-corrected chi connectivity index (χ1v) is 9.22. The summed E-state index contributed by atoms with van der Waals surface area (Å²) in [5.74, 6) is 0.887. The maximum Gasteiger partial charge on any atom is 0.251 e. The van der Waals surface area contributed by atoms with E-state index in [2.05, 4.69) is 4.99 Å². The molecule has 3 aliphatic heterocycles. The van der Waals surface area contributed by atoms with Crippen molar-refractivity contribution in [2.75, 3.05) is 7.11 Å². The first-order chi connectivity index (χ1) is 12.6. The second-order valence-corrected chi connectivity index (χ2v) is 7.35. The zero-order valence-electron chi connectivity index (χ0n) is 14.7. The maximum absolute atomic E-state index is 13.3. The topological polar surface area (TPSA) is 41.9 Å². The van der Waals surface area contributed by atoms with Gasteiger partial charge in [-0.15, -0.1) is 0 Å². The molecule has 2 atom stereocenters. The molecular formula is C21H21ClN2O2. The molecule has 3 aliphatic rings. The predicted octanol–water partition coefficient (Wildman–Crippen LogP) is 3.82. The zero-order valence-corrected chi connectivity index (χ0v) is 15.4. The Balaban J connectivity index is 1.61. The minimum absolute atomic E-state index is 0.0813. The Morgan fingerprint density at radius 2 is 1.88 bits per heavy atom. The second kappa shape index (κ2) is 6.76. The molecule has 1 fully saturated rings. The number of hydrogen-bond acceptors (Lipinski definition) is 3. The maximum atomic E-state index is 13.3. The Bertz CT molecular complexity index is 835. The molecule has 1 saturated heterocycles. The van der Waals surface area contributed by atoms with Crippen molar-refractivity contribution in [2.45, 2.75) is 37.4 Å². The van der Waals surface area contributed by atoms with Gasteiger partial charge in [-0.1, -0.05) is 54.1 Å². The summed E-state index contributed by atoms with van der Waals surface area (Å²) < 4.78 is 5.21. The van der Waals surface area contributed by atoms with Crippen molar-refractivity contribution >= 4 is 22.7 Å². The van der Waals surface area contributed by atoms with Crippen molar-refractivity contribution in [3.05, 3.63) is 65.7 Å². The van der Waals surface area contributed by atoms with Crippen LogP contribution in [-0.4, -0.2) is 34.7 Å². The highest BCUT2D eigenvalue weighted by molar-refractivity contribution is 6.67. The van der Waals surface area contributed by atoms with Crippen LogP contribution in [0.1, 0.15) is 24.0 Å². The molecule has 3 heterocycles. The van der Waals surface area contributed by atoms with Crippen LogP contribution in [0.3, 0.4) is 0 Å². The Kier molecular flexibility index (Phi) is 4.45. The number of ether oxygens (including phenoxy) is 1. The standard InChI is InChI=1S/C21H21ClN2O2/c1-26-17-9-7-16(8-10-17)14-24-18-11-12-21(20(24)25,23-19(18)22)13-15-5-3-2-4-6-15/h2-10,18H,11-14H2,1H3. The van der Waals surface area contributed by atoms with E-state index in [1.54, 1.807) is 7.11 Å². The van der Waals surface area contributed by atoms with Crippen molar-refractivity contribution in [2.24, 2.45) is 4.99 Å². The molecule has 0 radical (unpaired) electrons. The zero-order chi connectivity index (χ0) is 18.1. The summed E-state index contributed by atoms with van der Waals surface area (Å²) in [6, 6.07) is 17.7. The molecule has 0 spiro atoms. The van der Waals surface area contributed by atoms with Crippen LogP contribution >= 0.6 is 11.6 Å². The fourth-order valence-electron chi connectivity index (χ4n) is 3.92. The number of aliphatic imine (C=N–C) groups is 1. The van der Waals surface area contributed by atoms with Gasteiger partial charge in [-0.25, -0.2) is 0 Å². The lowest BCUT2D eigenvalue weighted by atomic mass is 9.78. The van der Waals surface area contributed by atoms with Gasteiger partial charge in [0.05, 0.1) is 13.2 Å². The Hall–Kier alpha value is -2.33. The molecule has 26 heavy (non-hydrogen) atoms. The minimum atomic E-state index is -0.764. The van der Waals surface area contributed by atoms with Crippen molar-refractivity contribution in [1.29, 1.82) is 0 Å². The number of piperidine rings is 1. The van der Waals surface area contributed by atoms with Crippen LogP contribution in [0, 0.1) is 0 Å². The molecule has 2 aromatic carbocycles. The van der Waals surface area contributed by atoms with E-state index in [-0.39, 0.29) is 11.9 Å². The third-order valence-electron chi connectivity index (χ3n) is 5.31. The quantitative estimate of drug-likeness (QED) is 0.805. The molecule has 0 saturated carbocycles. The number of hydrogen-bond donors (Lipinski definition) is 0. The summed E-state index contributed by atoms with van der Waals surface area (Å²) in [6.07, 6.45) is 2.20. The number of amides is 1. The molecule has 134 valence electrons. The number of carbonyl (C=O) groups is 1. The highest BCUT2D eigenvalue weighted by Crippen LogP contribution is 2.40. The molecule has 2 bridgehead atoms. The number of rotatable bonds is 5. The molecule has 0 N–H and O–H groups in total. The number of carbonyl (C=O) groups excluding carboxylic acids is 1. The average molecular weight is 369 g/mol. The van der Waals surface area contributed by atoms with Crippen molar-refractivity contribution in [1.82, 2.24) is 4.90 Å². The van der Waals surface area contributed by atoms with Gasteiger partial charge in [0.2, 0.25) is 0 Å². The van der Waals surface area contributed by atoms with Gasteiger partial charge in [0.25, 0.3) is 5.91 Å². The third-order valence-corrected chi connectivity index (χ3v) is 5.65. The molecule has 2 unspecified atom stereocenters. The van der Waals surface area contributed by atoms with Crippen LogP contribution in [0.4, 0.5) is 0 Å². The molecule has 1 amide bonds. The van der Waals surface area contributed by atoms with Gasteiger partial charge in [-0.05, 0) is 36.1 Å². The summed E-state index contributed by atoms with van der Waals surface area (Å²) in [7, 11) is 1.64. The second-order valence-electron chi connectivity index (χ2n) is 6.96. The van der Waals surface area contributed by atoms with Crippen LogP contribution in [0.2, 0.25) is 0 Å². The Morgan fingerprint density at radius 3 is 2.54 bits per heavy atom. The monoisotopic (exact) mass is 368 g/mol. The van der Waals surface area contributed by atoms with Gasteiger partial charge in [-0.3, -0.25) is 9.79 Å². The third kappa shape index (κ3) is 2.99. The summed E-state index contributed by atoms with van der Waals surface area (Å²) in [6.45, 7) is 0.537. The number of methoxy groups -OCH3 is 1. The molecule has 5 rings (SSSR count). The molecule has 0 aromatic heterocycles. The van der Waals surface area contributed by atoms with Crippen molar-refractivity contribution in [3.63, 3.8) is 0 Å². The summed E-state index contributed by atoms with van der Waals surface area (Å²) in [5, 5.41) is 0.556. The largest absolute Gasteiger partial charge is 0.497 e. The molecular weight excluding hydrogens is 348 g/mol. The fraction of sp³-hybridized carbons (Fsp3) is 0.333. The molecule has 5 heteroatoms. The first kappa shape index (κ1) is 17.1. The van der Waals surface area contributed by atoms with Crippen molar-refractivity contribution in [3.8, 4) is 5.75 Å². The van der Waals surface area contributed by atoms with Gasteiger partial charge in [0, 0.05) is 13.0 Å². The van der Waals surface area contributed by atoms with Crippen LogP contribution < -0.4 is 4.74 Å². The van der Waals surface area contributed by atoms with Crippen LogP contribution in [0.5, 0.6) is 5.75 Å². The van der Waals surface area contributed by atoms with E-state index >= 15 is 0 Å². The highest BCUT2D eigenvalue weighted by Gasteiger charge is 2.52. The number of halogens is 1. The smallest absolute Gasteiger partial charge is 0.251 e. The van der Waals surface area contributed by atoms with E-state index in [0.29, 0.717) is 18.1 Å². The normalized spacial score (nSPS) is 24.5. The van der Waals surface area contributed by atoms with Crippen LogP contribution in [0.25, 0.3) is 0 Å². The van der Waals surface area contributed by atoms with Gasteiger partial charge in [0.15, 0.2) is 0 Å². The van der Waals surface area contributed by atoms with E-state index in [1.165, 1.54) is 0 Å². The number of fused-ring (bicyclic) bond motifs is 2. The van der Waals surface area contributed by atoms with E-state index in [9.17, 15) is 4.79 Å². The Labute approximate surface area is 158 Å². The van der Waals surface area contributed by atoms with Gasteiger partial charge in [-0.2, -0.15) is 0 Å². The van der Waals surface area contributed by atoms with E-state index in [4.69, 9.17) is 16.3 Å². The Morgan fingerprint density at radius 1 is 1.15 bits per heavy atom. The van der Waals surface area contributed by atoms with E-state index < -0.39 is 5.54 Å². The molecule has 4 nitrogen and oxygen atoms in total. The first-order valence-electron chi connectivity index (χ1n) is 8.84. The lowest BCUT2D eigenvalue weighted by Crippen LogP contribution is -2.63. The van der Waals surface area contributed by atoms with Crippen molar-refractivity contribution < 1.29 is 9.53 Å². The number of nitrogens with zero attached hydrogens (tertiary/aromatic N) is 2. The fourth-order valence-corrected chi connectivity index (χ4v) is 4.31. The lowest BCUT2D eigenvalue weighted by Gasteiger charge is -2.48. The SMILES string of the molecule is COc1ccc(CN2C(=O)C3(Cc4ccccc4)CCC2C(Cl)=N3)cc1. The minimum Gasteiger partial charge on any atom is -0.497 e.